The van der Waals surface area contributed by atoms with Gasteiger partial charge in [-0.05, 0) is 47.1 Å². The van der Waals surface area contributed by atoms with E-state index in [0.29, 0.717) is 6.42 Å². The van der Waals surface area contributed by atoms with Gasteiger partial charge in [0, 0.05) is 6.42 Å². The van der Waals surface area contributed by atoms with Crippen molar-refractivity contribution in [1.82, 2.24) is 0 Å². The van der Waals surface area contributed by atoms with Gasteiger partial charge in [-0.25, -0.2) is 13.2 Å². The molecule has 108 valence electrons. The minimum Gasteiger partial charge on any atom is -0.232 e. The average Bonchev–Trinajstić information content (AvgIpc) is 2.97. The summed E-state index contributed by atoms with van der Waals surface area (Å²) < 4.78 is 43.4. The Hall–Kier alpha value is -1.77. The summed E-state index contributed by atoms with van der Waals surface area (Å²) in [7, 11) is 0. The average molecular weight is 288 g/mol. The van der Waals surface area contributed by atoms with E-state index in [4.69, 9.17) is 0 Å². The van der Waals surface area contributed by atoms with Crippen LogP contribution in [0.2, 0.25) is 0 Å². The van der Waals surface area contributed by atoms with Gasteiger partial charge in [-0.1, -0.05) is 42.5 Å². The van der Waals surface area contributed by atoms with Crippen molar-refractivity contribution in [2.24, 2.45) is 0 Å². The van der Waals surface area contributed by atoms with Gasteiger partial charge in [-0.15, -0.1) is 0 Å². The van der Waals surface area contributed by atoms with Crippen LogP contribution in [0.15, 0.2) is 42.5 Å². The molecule has 0 amide bonds. The van der Waals surface area contributed by atoms with E-state index in [0.717, 1.165) is 22.3 Å². The van der Waals surface area contributed by atoms with Crippen LogP contribution in [0, 0.1) is 0 Å². The van der Waals surface area contributed by atoms with Crippen molar-refractivity contribution in [3.05, 3.63) is 59.2 Å². The van der Waals surface area contributed by atoms with Gasteiger partial charge in [0.15, 0.2) is 5.67 Å². The van der Waals surface area contributed by atoms with Crippen molar-refractivity contribution in [2.75, 3.05) is 0 Å². The van der Waals surface area contributed by atoms with Crippen LogP contribution in [-0.2, 0) is 12.1 Å². The second kappa shape index (κ2) is 4.12. The molecule has 0 N–H and O–H groups in total. The largest absolute Gasteiger partial charge is 0.285 e. The zero-order chi connectivity index (χ0) is 14.7. The summed E-state index contributed by atoms with van der Waals surface area (Å²) >= 11 is 0. The lowest BCUT2D eigenvalue weighted by molar-refractivity contribution is -0.120. The molecular weight excluding hydrogens is 273 g/mol. The van der Waals surface area contributed by atoms with Crippen LogP contribution in [0.4, 0.5) is 13.2 Å². The minimum atomic E-state index is -3.27. The first kappa shape index (κ1) is 12.9. The lowest BCUT2D eigenvalue weighted by Crippen LogP contribution is -2.37. The van der Waals surface area contributed by atoms with Crippen LogP contribution in [0.3, 0.4) is 0 Å². The van der Waals surface area contributed by atoms with Gasteiger partial charge >= 0.3 is 0 Å². The molecule has 0 heterocycles. The van der Waals surface area contributed by atoms with Crippen molar-refractivity contribution < 1.29 is 13.2 Å². The Morgan fingerprint density at radius 2 is 1.57 bits per heavy atom. The molecule has 0 saturated heterocycles. The van der Waals surface area contributed by atoms with E-state index in [1.165, 1.54) is 0 Å². The molecule has 0 nitrogen and oxygen atoms in total. The molecule has 2 aliphatic carbocycles. The third-order valence-corrected chi connectivity index (χ3v) is 4.87. The number of benzene rings is 2. The molecule has 2 aromatic rings. The number of alkyl halides is 3. The lowest BCUT2D eigenvalue weighted by atomic mass is 9.86. The highest BCUT2D eigenvalue weighted by atomic mass is 19.3. The Labute approximate surface area is 121 Å². The number of halogens is 3. The van der Waals surface area contributed by atoms with E-state index < -0.39 is 11.6 Å². The van der Waals surface area contributed by atoms with E-state index in [1.807, 2.05) is 30.3 Å². The fourth-order valence-corrected chi connectivity index (χ4v) is 3.80. The van der Waals surface area contributed by atoms with E-state index in [2.05, 4.69) is 0 Å². The normalized spacial score (nSPS) is 25.7. The van der Waals surface area contributed by atoms with Crippen molar-refractivity contribution >= 4 is 0 Å². The zero-order valence-corrected chi connectivity index (χ0v) is 11.5. The Kier molecular flexibility index (Phi) is 2.54. The summed E-state index contributed by atoms with van der Waals surface area (Å²) in [6.45, 7) is 0. The van der Waals surface area contributed by atoms with E-state index in [9.17, 15) is 8.78 Å². The predicted molar refractivity (Wildman–Crippen MR) is 76.3 cm³/mol. The predicted octanol–water partition coefficient (Wildman–Crippen LogP) is 5.24. The van der Waals surface area contributed by atoms with Crippen molar-refractivity contribution in [1.29, 1.82) is 0 Å². The van der Waals surface area contributed by atoms with Crippen LogP contribution < -0.4 is 0 Å². The molecule has 0 bridgehead atoms. The van der Waals surface area contributed by atoms with Gasteiger partial charge in [0.05, 0.1) is 0 Å². The monoisotopic (exact) mass is 288 g/mol. The molecule has 0 spiro atoms. The van der Waals surface area contributed by atoms with Crippen LogP contribution in [0.1, 0.15) is 36.0 Å². The number of rotatable bonds is 1. The molecule has 2 aromatic carbocycles. The second-order valence-electron chi connectivity index (χ2n) is 6.02. The van der Waals surface area contributed by atoms with Crippen molar-refractivity contribution in [2.45, 2.75) is 37.3 Å². The first-order chi connectivity index (χ1) is 10.0. The quantitative estimate of drug-likeness (QED) is 0.574. The van der Waals surface area contributed by atoms with E-state index in [1.54, 1.807) is 12.1 Å². The fraction of sp³-hybridized carbons (Fsp3) is 0.333. The van der Waals surface area contributed by atoms with Crippen LogP contribution >= 0.6 is 0 Å². The van der Waals surface area contributed by atoms with E-state index in [-0.39, 0.29) is 24.8 Å². The number of hydrogen-bond donors (Lipinski definition) is 0. The van der Waals surface area contributed by atoms with Crippen LogP contribution in [0.25, 0.3) is 11.1 Å². The molecule has 1 fully saturated rings. The van der Waals surface area contributed by atoms with Gasteiger partial charge < -0.3 is 0 Å². The standard InChI is InChI=1S/C18H15F3/c19-17(9-4-10-18(17,20)21)16-8-3-7-14-13-6-2-1-5-12(13)11-15(14)16/h1-3,5-8H,4,9-11H2. The van der Waals surface area contributed by atoms with Gasteiger partial charge in [0.25, 0.3) is 5.92 Å². The molecule has 1 atom stereocenters. The summed E-state index contributed by atoms with van der Waals surface area (Å²) in [6, 6.07) is 13.0. The highest BCUT2D eigenvalue weighted by molar-refractivity contribution is 5.78. The molecule has 2 aliphatic rings. The maximum Gasteiger partial charge on any atom is 0.285 e. The van der Waals surface area contributed by atoms with Gasteiger partial charge in [-0.3, -0.25) is 0 Å². The highest BCUT2D eigenvalue weighted by Gasteiger charge is 2.60. The highest BCUT2D eigenvalue weighted by Crippen LogP contribution is 2.55. The molecule has 3 heteroatoms. The molecule has 21 heavy (non-hydrogen) atoms. The topological polar surface area (TPSA) is 0 Å². The lowest BCUT2D eigenvalue weighted by Gasteiger charge is -2.29. The summed E-state index contributed by atoms with van der Waals surface area (Å²) in [6.07, 6.45) is 0.330. The van der Waals surface area contributed by atoms with Crippen LogP contribution in [-0.4, -0.2) is 5.92 Å². The van der Waals surface area contributed by atoms with Gasteiger partial charge in [0.1, 0.15) is 0 Å². The van der Waals surface area contributed by atoms with Crippen LogP contribution in [0.5, 0.6) is 0 Å². The molecule has 1 unspecified atom stereocenters. The maximum absolute atomic E-state index is 15.2. The summed E-state index contributed by atoms with van der Waals surface area (Å²) in [4.78, 5) is 0. The van der Waals surface area contributed by atoms with E-state index >= 15 is 4.39 Å². The Balaban J connectivity index is 1.91. The van der Waals surface area contributed by atoms with Gasteiger partial charge in [0.2, 0.25) is 0 Å². The Bertz CT molecular complexity index is 720. The minimum absolute atomic E-state index is 0.0905. The third-order valence-electron chi connectivity index (χ3n) is 4.87. The Morgan fingerprint density at radius 1 is 0.810 bits per heavy atom. The zero-order valence-electron chi connectivity index (χ0n) is 11.5. The molecular formula is C18H15F3. The smallest absolute Gasteiger partial charge is 0.232 e. The second-order valence-corrected chi connectivity index (χ2v) is 6.02. The number of fused-ring (bicyclic) bond motifs is 3. The Morgan fingerprint density at radius 3 is 2.33 bits per heavy atom. The number of hydrogen-bond acceptors (Lipinski definition) is 0. The summed E-state index contributed by atoms with van der Waals surface area (Å²) in [5.74, 6) is -3.27. The van der Waals surface area contributed by atoms with Gasteiger partial charge in [-0.2, -0.15) is 0 Å². The summed E-state index contributed by atoms with van der Waals surface area (Å²) in [5, 5.41) is 0. The molecule has 1 saturated carbocycles. The molecule has 0 aliphatic heterocycles. The van der Waals surface area contributed by atoms with Crippen molar-refractivity contribution in [3.63, 3.8) is 0 Å². The van der Waals surface area contributed by atoms with Crippen molar-refractivity contribution in [3.8, 4) is 11.1 Å². The first-order valence-electron chi connectivity index (χ1n) is 7.30. The summed E-state index contributed by atoms with van der Waals surface area (Å²) in [5.41, 5.74) is 1.45. The maximum atomic E-state index is 15.2. The molecule has 4 rings (SSSR count). The first-order valence-corrected chi connectivity index (χ1v) is 7.30. The fourth-order valence-electron chi connectivity index (χ4n) is 3.80. The molecule has 0 radical (unpaired) electrons. The third kappa shape index (κ3) is 1.63. The SMILES string of the molecule is FC1(F)CCCC1(F)c1cccc2c1Cc1ccccc1-2. The molecule has 0 aromatic heterocycles.